The van der Waals surface area contributed by atoms with Crippen molar-refractivity contribution in [1.29, 1.82) is 0 Å². The predicted octanol–water partition coefficient (Wildman–Crippen LogP) is 4.03. The van der Waals surface area contributed by atoms with E-state index in [0.717, 1.165) is 0 Å². The molecule has 0 aliphatic rings. The molecular formula is C20H17F6NO4S. The zero-order valence-corrected chi connectivity index (χ0v) is 17.0. The first-order valence-corrected chi connectivity index (χ1v) is 10.3. The number of nitrogens with one attached hydrogen (secondary N) is 1. The minimum absolute atomic E-state index is 0.0691. The molecule has 0 aliphatic heterocycles. The van der Waals surface area contributed by atoms with Crippen LogP contribution in [0.1, 0.15) is 23.1 Å². The van der Waals surface area contributed by atoms with Crippen LogP contribution in [-0.2, 0) is 39.2 Å². The average molecular weight is 481 g/mol. The summed E-state index contributed by atoms with van der Waals surface area (Å²) in [6.07, 6.45) is -11.3. The number of hydrogen-bond donors (Lipinski definition) is 2. The number of aliphatic carboxylic acids is 1. The van der Waals surface area contributed by atoms with Gasteiger partial charge in [-0.15, -0.1) is 0 Å². The minimum atomic E-state index is -5.07. The van der Waals surface area contributed by atoms with Crippen molar-refractivity contribution in [2.45, 2.75) is 36.1 Å². The first kappa shape index (κ1) is 25.4. The third-order valence-electron chi connectivity index (χ3n) is 4.24. The lowest BCUT2D eigenvalue weighted by atomic mass is 10.0. The standard InChI is InChI=1S/C20H17F6NO4S/c21-19(22,23)13-8-12(9-14(11-13)20(24,25)26)10-17(28)27-16(18(29)30)6-7-32(31)15-4-2-1-3-5-15/h1-5,8-9,11,16H,6-7,10H2,(H,27,28)(H,29,30)/t16-,32+/m1/s1. The van der Waals surface area contributed by atoms with Crippen LogP contribution in [0.5, 0.6) is 0 Å². The Bertz CT molecular complexity index is 960. The molecule has 0 fully saturated rings. The summed E-state index contributed by atoms with van der Waals surface area (Å²) in [5.41, 5.74) is -3.74. The van der Waals surface area contributed by atoms with E-state index in [-0.39, 0.29) is 18.2 Å². The average Bonchev–Trinajstić information content (AvgIpc) is 2.69. The minimum Gasteiger partial charge on any atom is -0.480 e. The summed E-state index contributed by atoms with van der Waals surface area (Å²) in [6, 6.07) is 7.29. The lowest BCUT2D eigenvalue weighted by Crippen LogP contribution is -2.42. The first-order valence-electron chi connectivity index (χ1n) is 9.01. The van der Waals surface area contributed by atoms with E-state index in [2.05, 4.69) is 5.32 Å². The number of halogens is 6. The lowest BCUT2D eigenvalue weighted by Gasteiger charge is -2.16. The SMILES string of the molecule is O=C(Cc1cc(C(F)(F)F)cc(C(F)(F)F)c1)N[C@H](CC[S@](=O)c1ccccc1)C(=O)O. The third-order valence-corrected chi connectivity index (χ3v) is 5.65. The molecule has 0 radical (unpaired) electrons. The van der Waals surface area contributed by atoms with Gasteiger partial charge in [0.2, 0.25) is 5.91 Å². The van der Waals surface area contributed by atoms with E-state index in [9.17, 15) is 45.2 Å². The third kappa shape index (κ3) is 7.36. The van der Waals surface area contributed by atoms with Gasteiger partial charge in [-0.3, -0.25) is 9.00 Å². The maximum atomic E-state index is 12.9. The lowest BCUT2D eigenvalue weighted by molar-refractivity contribution is -0.143. The van der Waals surface area contributed by atoms with Crippen molar-refractivity contribution in [3.63, 3.8) is 0 Å². The summed E-state index contributed by atoms with van der Waals surface area (Å²) in [6.45, 7) is 0. The normalized spacial score (nSPS) is 13.9. The maximum Gasteiger partial charge on any atom is 0.416 e. The highest BCUT2D eigenvalue weighted by molar-refractivity contribution is 7.85. The Hall–Kier alpha value is -2.89. The summed E-state index contributed by atoms with van der Waals surface area (Å²) in [5.74, 6) is -2.71. The Morgan fingerprint density at radius 3 is 1.94 bits per heavy atom. The van der Waals surface area contributed by atoms with Crippen LogP contribution in [0.2, 0.25) is 0 Å². The molecule has 0 unspecified atom stereocenters. The smallest absolute Gasteiger partial charge is 0.416 e. The summed E-state index contributed by atoms with van der Waals surface area (Å²) >= 11 is 0. The van der Waals surface area contributed by atoms with Crippen molar-refractivity contribution in [2.75, 3.05) is 5.75 Å². The Morgan fingerprint density at radius 2 is 1.47 bits per heavy atom. The molecule has 2 N–H and O–H groups in total. The Labute approximate surface area is 180 Å². The molecule has 2 aromatic carbocycles. The monoisotopic (exact) mass is 481 g/mol. The van der Waals surface area contributed by atoms with Gasteiger partial charge in [0, 0.05) is 10.6 Å². The molecule has 0 aromatic heterocycles. The van der Waals surface area contributed by atoms with E-state index >= 15 is 0 Å². The first-order chi connectivity index (χ1) is 14.8. The van der Waals surface area contributed by atoms with Crippen LogP contribution in [0.3, 0.4) is 0 Å². The van der Waals surface area contributed by atoms with E-state index in [0.29, 0.717) is 17.0 Å². The fourth-order valence-electron chi connectivity index (χ4n) is 2.72. The van der Waals surface area contributed by atoms with Crippen LogP contribution >= 0.6 is 0 Å². The number of carboxylic acids is 1. The molecule has 0 saturated heterocycles. The number of hydrogen-bond acceptors (Lipinski definition) is 3. The highest BCUT2D eigenvalue weighted by Crippen LogP contribution is 2.36. The Kier molecular flexibility index (Phi) is 8.05. The molecule has 2 rings (SSSR count). The van der Waals surface area contributed by atoms with Gasteiger partial charge in [-0.2, -0.15) is 26.3 Å². The van der Waals surface area contributed by atoms with Crippen LogP contribution in [0.25, 0.3) is 0 Å². The van der Waals surface area contributed by atoms with Crippen LogP contribution in [0.15, 0.2) is 53.4 Å². The van der Waals surface area contributed by atoms with Crippen molar-refractivity contribution in [2.24, 2.45) is 0 Å². The van der Waals surface area contributed by atoms with E-state index in [4.69, 9.17) is 0 Å². The molecular weight excluding hydrogens is 464 g/mol. The number of rotatable bonds is 8. The van der Waals surface area contributed by atoms with Gasteiger partial charge < -0.3 is 10.4 Å². The molecule has 2 aromatic rings. The van der Waals surface area contributed by atoms with Crippen molar-refractivity contribution in [3.8, 4) is 0 Å². The molecule has 0 aliphatic carbocycles. The van der Waals surface area contributed by atoms with E-state index in [1.165, 1.54) is 0 Å². The van der Waals surface area contributed by atoms with Gasteiger partial charge in [-0.05, 0) is 42.3 Å². The topological polar surface area (TPSA) is 83.5 Å². The van der Waals surface area contributed by atoms with Crippen molar-refractivity contribution < 1.29 is 45.2 Å². The van der Waals surface area contributed by atoms with Gasteiger partial charge in [-0.1, -0.05) is 18.2 Å². The maximum absolute atomic E-state index is 12.9. The predicted molar refractivity (Wildman–Crippen MR) is 102 cm³/mol. The molecule has 0 spiro atoms. The highest BCUT2D eigenvalue weighted by atomic mass is 32.2. The fraction of sp³-hybridized carbons (Fsp3) is 0.300. The van der Waals surface area contributed by atoms with Gasteiger partial charge in [-0.25, -0.2) is 4.79 Å². The molecule has 5 nitrogen and oxygen atoms in total. The van der Waals surface area contributed by atoms with Crippen molar-refractivity contribution >= 4 is 22.7 Å². The molecule has 174 valence electrons. The number of amides is 1. The van der Waals surface area contributed by atoms with E-state index in [1.807, 2.05) is 0 Å². The molecule has 0 heterocycles. The van der Waals surface area contributed by atoms with Crippen LogP contribution < -0.4 is 5.32 Å². The molecule has 32 heavy (non-hydrogen) atoms. The second-order valence-electron chi connectivity index (χ2n) is 6.70. The van der Waals surface area contributed by atoms with Gasteiger partial charge in [0.1, 0.15) is 6.04 Å². The molecule has 1 amide bonds. The molecule has 0 bridgehead atoms. The van der Waals surface area contributed by atoms with Crippen LogP contribution in [-0.4, -0.2) is 33.0 Å². The molecule has 0 saturated carbocycles. The molecule has 2 atom stereocenters. The summed E-state index contributed by atoms with van der Waals surface area (Å²) in [7, 11) is -1.56. The number of carbonyl (C=O) groups is 2. The zero-order valence-electron chi connectivity index (χ0n) is 16.2. The van der Waals surface area contributed by atoms with Gasteiger partial charge in [0.15, 0.2) is 0 Å². The molecule has 12 heteroatoms. The van der Waals surface area contributed by atoms with Gasteiger partial charge in [0.25, 0.3) is 0 Å². The summed E-state index contributed by atoms with van der Waals surface area (Å²) in [5, 5.41) is 11.3. The number of alkyl halides is 6. The van der Waals surface area contributed by atoms with Crippen molar-refractivity contribution in [1.82, 2.24) is 5.32 Å². The Morgan fingerprint density at radius 1 is 0.938 bits per heavy atom. The summed E-state index contributed by atoms with van der Waals surface area (Å²) < 4.78 is 89.8. The van der Waals surface area contributed by atoms with Crippen LogP contribution in [0.4, 0.5) is 26.3 Å². The van der Waals surface area contributed by atoms with Crippen molar-refractivity contribution in [3.05, 3.63) is 65.2 Å². The zero-order chi connectivity index (χ0) is 24.1. The highest BCUT2D eigenvalue weighted by Gasteiger charge is 2.37. The van der Waals surface area contributed by atoms with Gasteiger partial charge >= 0.3 is 18.3 Å². The van der Waals surface area contributed by atoms with E-state index in [1.54, 1.807) is 30.3 Å². The second kappa shape index (κ2) is 10.2. The largest absolute Gasteiger partial charge is 0.480 e. The second-order valence-corrected chi connectivity index (χ2v) is 8.27. The quantitative estimate of drug-likeness (QED) is 0.558. The number of carboxylic acid groups (broad SMARTS) is 1. The van der Waals surface area contributed by atoms with Crippen LogP contribution in [0, 0.1) is 0 Å². The number of carbonyl (C=O) groups excluding carboxylic acids is 1. The van der Waals surface area contributed by atoms with Gasteiger partial charge in [0.05, 0.1) is 28.3 Å². The Balaban J connectivity index is 2.11. The fourth-order valence-corrected chi connectivity index (χ4v) is 3.87. The summed E-state index contributed by atoms with van der Waals surface area (Å²) in [4.78, 5) is 24.0. The van der Waals surface area contributed by atoms with E-state index < -0.39 is 64.2 Å². The number of benzene rings is 2.